The molecular formula is C35H25ClF3N3O3S. The van der Waals surface area contributed by atoms with Gasteiger partial charge in [0.2, 0.25) is 0 Å². The molecule has 1 fully saturated rings. The second-order valence-corrected chi connectivity index (χ2v) is 12.6. The van der Waals surface area contributed by atoms with Crippen molar-refractivity contribution in [2.45, 2.75) is 47.8 Å². The maximum Gasteiger partial charge on any atom is 0.416 e. The Morgan fingerprint density at radius 3 is 2.28 bits per heavy atom. The number of amides is 1. The highest BCUT2D eigenvalue weighted by Gasteiger charge is 2.46. The standard InChI is InChI=1S/C35H25ClF3N3O3S/c1-2-42-19-30(46-27-9-7-25(8-10-27)35(37,38)39)31-28(16-23(17-29(31)42)22-13-20(18-40)14-26(36)15-22)32(43)41-34(11-12-34)24-5-3-21(4-6-24)33(44)45/h3-10,13-17,19H,2,11-12H2,1H3,(H,41,43)(H,44,45). The SMILES string of the molecule is CCn1cc(Sc2ccc(C(F)(F)F)cc2)c2c(C(=O)NC3(c4ccc(C(=O)O)cc4)CC3)cc(-c3cc(Cl)cc(C#N)c3)cc21. The quantitative estimate of drug-likeness (QED) is 0.173. The molecule has 1 amide bonds. The van der Waals surface area contributed by atoms with Crippen LogP contribution in [-0.2, 0) is 18.3 Å². The summed E-state index contributed by atoms with van der Waals surface area (Å²) in [5, 5.41) is 23.0. The van der Waals surface area contributed by atoms with Crippen LogP contribution in [0.2, 0.25) is 5.02 Å². The third-order valence-corrected chi connectivity index (χ3v) is 9.34. The number of aromatic nitrogens is 1. The molecule has 4 aromatic carbocycles. The summed E-state index contributed by atoms with van der Waals surface area (Å²) in [6.45, 7) is 2.50. The van der Waals surface area contributed by atoms with Crippen LogP contribution in [0.25, 0.3) is 22.0 Å². The number of nitrogens with one attached hydrogen (secondary N) is 1. The van der Waals surface area contributed by atoms with E-state index in [4.69, 9.17) is 11.6 Å². The van der Waals surface area contributed by atoms with Gasteiger partial charge in [-0.05, 0) is 103 Å². The van der Waals surface area contributed by atoms with Crippen LogP contribution < -0.4 is 5.32 Å². The van der Waals surface area contributed by atoms with Gasteiger partial charge in [0.15, 0.2) is 0 Å². The number of aromatic carboxylic acids is 1. The molecule has 11 heteroatoms. The van der Waals surface area contributed by atoms with Gasteiger partial charge in [-0.15, -0.1) is 0 Å². The Labute approximate surface area is 271 Å². The molecule has 0 atom stereocenters. The van der Waals surface area contributed by atoms with Crippen LogP contribution in [-0.4, -0.2) is 21.6 Å². The fourth-order valence-corrected chi connectivity index (χ4v) is 6.82. The number of benzene rings is 4. The summed E-state index contributed by atoms with van der Waals surface area (Å²) >= 11 is 7.60. The first-order valence-corrected chi connectivity index (χ1v) is 15.5. The predicted molar refractivity (Wildman–Crippen MR) is 170 cm³/mol. The van der Waals surface area contributed by atoms with Gasteiger partial charge in [-0.25, -0.2) is 4.79 Å². The molecule has 0 bridgehead atoms. The third kappa shape index (κ3) is 6.08. The first-order chi connectivity index (χ1) is 21.9. The maximum absolute atomic E-state index is 14.3. The molecule has 6 nitrogen and oxygen atoms in total. The zero-order chi connectivity index (χ0) is 32.8. The average Bonchev–Trinajstić information content (AvgIpc) is 3.73. The molecule has 1 saturated carbocycles. The van der Waals surface area contributed by atoms with Gasteiger partial charge in [0.05, 0.1) is 39.4 Å². The number of rotatable bonds is 8. The minimum absolute atomic E-state index is 0.143. The minimum Gasteiger partial charge on any atom is -0.478 e. The molecule has 0 radical (unpaired) electrons. The Bertz CT molecular complexity index is 2050. The Hall–Kier alpha value is -4.72. The molecule has 1 aromatic heterocycles. The zero-order valence-corrected chi connectivity index (χ0v) is 25.9. The van der Waals surface area contributed by atoms with E-state index in [9.17, 15) is 33.1 Å². The van der Waals surface area contributed by atoms with E-state index in [1.54, 1.807) is 36.4 Å². The van der Waals surface area contributed by atoms with Crippen LogP contribution in [0, 0.1) is 11.3 Å². The summed E-state index contributed by atoms with van der Waals surface area (Å²) in [4.78, 5) is 26.9. The number of fused-ring (bicyclic) bond motifs is 1. The van der Waals surface area contributed by atoms with Crippen LogP contribution in [0.15, 0.2) is 94.9 Å². The van der Waals surface area contributed by atoms with Crippen molar-refractivity contribution >= 4 is 46.1 Å². The van der Waals surface area contributed by atoms with Gasteiger partial charge in [-0.2, -0.15) is 18.4 Å². The lowest BCUT2D eigenvalue weighted by atomic mass is 9.97. The summed E-state index contributed by atoms with van der Waals surface area (Å²) in [6.07, 6.45) is -1.25. The van der Waals surface area contributed by atoms with Gasteiger partial charge in [-0.1, -0.05) is 35.5 Å². The molecule has 0 spiro atoms. The summed E-state index contributed by atoms with van der Waals surface area (Å²) < 4.78 is 41.6. The first kappa shape index (κ1) is 31.3. The number of carbonyl (C=O) groups excluding carboxylic acids is 1. The highest BCUT2D eigenvalue weighted by Crippen LogP contribution is 2.47. The Morgan fingerprint density at radius 1 is 1.02 bits per heavy atom. The maximum atomic E-state index is 14.3. The van der Waals surface area contributed by atoms with Crippen LogP contribution in [0.4, 0.5) is 13.2 Å². The summed E-state index contributed by atoms with van der Waals surface area (Å²) in [5.74, 6) is -1.41. The molecule has 0 unspecified atom stereocenters. The van der Waals surface area contributed by atoms with Crippen molar-refractivity contribution in [2.24, 2.45) is 0 Å². The van der Waals surface area contributed by atoms with Gasteiger partial charge in [0.1, 0.15) is 0 Å². The smallest absolute Gasteiger partial charge is 0.416 e. The number of carboxylic acids is 1. The topological polar surface area (TPSA) is 95.1 Å². The van der Waals surface area contributed by atoms with E-state index in [1.165, 1.54) is 36.0 Å². The largest absolute Gasteiger partial charge is 0.478 e. The van der Waals surface area contributed by atoms with Gasteiger partial charge >= 0.3 is 12.1 Å². The monoisotopic (exact) mass is 659 g/mol. The van der Waals surface area contributed by atoms with Crippen LogP contribution in [0.1, 0.15) is 57.2 Å². The molecule has 0 aliphatic heterocycles. The number of carboxylic acid groups (broad SMARTS) is 1. The summed E-state index contributed by atoms with van der Waals surface area (Å²) in [5.41, 5.74) is 2.25. The van der Waals surface area contributed by atoms with Crippen LogP contribution in [0.3, 0.4) is 0 Å². The average molecular weight is 660 g/mol. The number of aryl methyl sites for hydroxylation is 1. The van der Waals surface area contributed by atoms with Crippen molar-refractivity contribution in [3.05, 3.63) is 118 Å². The lowest BCUT2D eigenvalue weighted by Gasteiger charge is -2.20. The lowest BCUT2D eigenvalue weighted by molar-refractivity contribution is -0.137. The number of nitrogens with zero attached hydrogens (tertiary/aromatic N) is 2. The van der Waals surface area contributed by atoms with Crippen molar-refractivity contribution in [2.75, 3.05) is 0 Å². The van der Waals surface area contributed by atoms with E-state index in [0.29, 0.717) is 61.8 Å². The Morgan fingerprint density at radius 2 is 1.70 bits per heavy atom. The Kier molecular flexibility index (Phi) is 8.09. The van der Waals surface area contributed by atoms with Crippen molar-refractivity contribution in [1.82, 2.24) is 9.88 Å². The van der Waals surface area contributed by atoms with E-state index < -0.39 is 23.2 Å². The second kappa shape index (κ2) is 11.9. The Balaban J connectivity index is 1.47. The molecule has 5 aromatic rings. The molecule has 46 heavy (non-hydrogen) atoms. The van der Waals surface area contributed by atoms with E-state index in [2.05, 4.69) is 11.4 Å². The molecule has 232 valence electrons. The molecule has 1 aliphatic rings. The molecule has 1 heterocycles. The molecule has 6 rings (SSSR count). The van der Waals surface area contributed by atoms with Crippen molar-refractivity contribution in [1.29, 1.82) is 5.26 Å². The van der Waals surface area contributed by atoms with Crippen molar-refractivity contribution < 1.29 is 27.9 Å². The van der Waals surface area contributed by atoms with Gasteiger partial charge in [-0.3, -0.25) is 4.79 Å². The molecule has 2 N–H and O–H groups in total. The number of carbonyl (C=O) groups is 2. The highest BCUT2D eigenvalue weighted by atomic mass is 35.5. The fourth-order valence-electron chi connectivity index (χ4n) is 5.56. The van der Waals surface area contributed by atoms with Crippen molar-refractivity contribution in [3.63, 3.8) is 0 Å². The fraction of sp³-hybridized carbons (Fsp3) is 0.171. The molecular weight excluding hydrogens is 635 g/mol. The third-order valence-electron chi connectivity index (χ3n) is 8.09. The van der Waals surface area contributed by atoms with Crippen molar-refractivity contribution in [3.8, 4) is 17.2 Å². The van der Waals surface area contributed by atoms with E-state index in [-0.39, 0.29) is 11.5 Å². The normalized spacial score (nSPS) is 13.7. The second-order valence-electron chi connectivity index (χ2n) is 11.1. The first-order valence-electron chi connectivity index (χ1n) is 14.3. The summed E-state index contributed by atoms with van der Waals surface area (Å²) in [7, 11) is 0. The van der Waals surface area contributed by atoms with Crippen LogP contribution >= 0.6 is 23.4 Å². The van der Waals surface area contributed by atoms with E-state index in [0.717, 1.165) is 23.2 Å². The zero-order valence-electron chi connectivity index (χ0n) is 24.3. The van der Waals surface area contributed by atoms with Gasteiger partial charge < -0.3 is 15.0 Å². The summed E-state index contributed by atoms with van der Waals surface area (Å²) in [6, 6.07) is 22.0. The van der Waals surface area contributed by atoms with Gasteiger partial charge in [0.25, 0.3) is 5.91 Å². The predicted octanol–water partition coefficient (Wildman–Crippen LogP) is 9.14. The number of alkyl halides is 3. The van der Waals surface area contributed by atoms with E-state index >= 15 is 0 Å². The molecule has 0 saturated heterocycles. The number of halogens is 4. The van der Waals surface area contributed by atoms with E-state index in [1.807, 2.05) is 23.8 Å². The lowest BCUT2D eigenvalue weighted by Crippen LogP contribution is -2.35. The molecule has 1 aliphatic carbocycles. The van der Waals surface area contributed by atoms with Gasteiger partial charge in [0, 0.05) is 32.9 Å². The number of nitriles is 1. The van der Waals surface area contributed by atoms with Crippen LogP contribution in [0.5, 0.6) is 0 Å². The minimum atomic E-state index is -4.46. The number of hydrogen-bond donors (Lipinski definition) is 2. The highest BCUT2D eigenvalue weighted by molar-refractivity contribution is 7.99. The number of hydrogen-bond acceptors (Lipinski definition) is 4.